The Morgan fingerprint density at radius 3 is 2.75 bits per heavy atom. The Hall–Kier alpha value is -1.28. The van der Waals surface area contributed by atoms with Gasteiger partial charge in [-0.25, -0.2) is 0 Å². The third kappa shape index (κ3) is 2.86. The van der Waals surface area contributed by atoms with Crippen molar-refractivity contribution in [2.75, 3.05) is 18.5 Å². The molecule has 1 aromatic carbocycles. The first-order valence-electron chi connectivity index (χ1n) is 5.23. The maximum Gasteiger partial charge on any atom is 0.144 e. The minimum atomic E-state index is 0.481. The second-order valence-electron chi connectivity index (χ2n) is 3.69. The van der Waals surface area contributed by atoms with Gasteiger partial charge < -0.3 is 4.90 Å². The Balaban J connectivity index is 3.28. The number of aldehydes is 1. The summed E-state index contributed by atoms with van der Waals surface area (Å²) in [4.78, 5) is 12.5. The molecule has 0 aromatic heterocycles. The zero-order valence-corrected chi connectivity index (χ0v) is 10.6. The number of hydrogen-bond acceptors (Lipinski definition) is 2. The highest BCUT2D eigenvalue weighted by atomic mass is 35.5. The van der Waals surface area contributed by atoms with Crippen molar-refractivity contribution >= 4 is 28.6 Å². The molecule has 0 unspecified atom stereocenters. The topological polar surface area (TPSA) is 20.3 Å². The van der Waals surface area contributed by atoms with Crippen LogP contribution in [0, 0.1) is 6.92 Å². The van der Waals surface area contributed by atoms with E-state index in [1.54, 1.807) is 0 Å². The summed E-state index contributed by atoms with van der Waals surface area (Å²) in [5.74, 6) is 0. The molecule has 1 rings (SSSR count). The average molecular weight is 238 g/mol. The molecule has 0 heterocycles. The Morgan fingerprint density at radius 2 is 2.19 bits per heavy atom. The monoisotopic (exact) mass is 237 g/mol. The first-order chi connectivity index (χ1) is 7.60. The van der Waals surface area contributed by atoms with Crippen LogP contribution in [0.4, 0.5) is 5.69 Å². The molecule has 0 saturated heterocycles. The van der Waals surface area contributed by atoms with Gasteiger partial charge >= 0.3 is 0 Å². The summed E-state index contributed by atoms with van der Waals surface area (Å²) in [6, 6.07) is 6.05. The lowest BCUT2D eigenvalue weighted by Gasteiger charge is -2.20. The van der Waals surface area contributed by atoms with Crippen LogP contribution in [0.25, 0.3) is 5.03 Å². The Labute approximate surface area is 102 Å². The first kappa shape index (κ1) is 12.8. The third-order valence-corrected chi connectivity index (χ3v) is 2.84. The number of anilines is 1. The molecule has 0 atom stereocenters. The van der Waals surface area contributed by atoms with E-state index < -0.39 is 0 Å². The SMILES string of the molecule is CCN(C)c1ccc(C)cc1/C(Cl)=C\C=O. The van der Waals surface area contributed by atoms with Crippen molar-refractivity contribution in [3.8, 4) is 0 Å². The second-order valence-corrected chi connectivity index (χ2v) is 4.09. The first-order valence-corrected chi connectivity index (χ1v) is 5.61. The number of carbonyl (C=O) groups is 1. The van der Waals surface area contributed by atoms with Crippen molar-refractivity contribution in [1.29, 1.82) is 0 Å². The van der Waals surface area contributed by atoms with Gasteiger partial charge in [0.1, 0.15) is 6.29 Å². The van der Waals surface area contributed by atoms with Crippen molar-refractivity contribution in [3.05, 3.63) is 35.4 Å². The molecular weight excluding hydrogens is 222 g/mol. The summed E-state index contributed by atoms with van der Waals surface area (Å²) in [5.41, 5.74) is 3.06. The van der Waals surface area contributed by atoms with E-state index >= 15 is 0 Å². The molecule has 3 heteroatoms. The van der Waals surface area contributed by atoms with E-state index in [1.807, 2.05) is 32.2 Å². The zero-order valence-electron chi connectivity index (χ0n) is 9.83. The maximum absolute atomic E-state index is 10.4. The Morgan fingerprint density at radius 1 is 1.50 bits per heavy atom. The number of rotatable bonds is 4. The highest BCUT2D eigenvalue weighted by Crippen LogP contribution is 2.29. The molecule has 0 aliphatic carbocycles. The van der Waals surface area contributed by atoms with Gasteiger partial charge in [-0.3, -0.25) is 4.79 Å². The quantitative estimate of drug-likeness (QED) is 0.592. The van der Waals surface area contributed by atoms with Crippen LogP contribution in [0.15, 0.2) is 24.3 Å². The van der Waals surface area contributed by atoms with Gasteiger partial charge in [0.2, 0.25) is 0 Å². The van der Waals surface area contributed by atoms with Crippen molar-refractivity contribution in [3.63, 3.8) is 0 Å². The van der Waals surface area contributed by atoms with Gasteiger partial charge in [-0.2, -0.15) is 0 Å². The van der Waals surface area contributed by atoms with Crippen LogP contribution in [0.5, 0.6) is 0 Å². The van der Waals surface area contributed by atoms with Gasteiger partial charge in [-0.1, -0.05) is 23.2 Å². The van der Waals surface area contributed by atoms with Crippen LogP contribution in [0.3, 0.4) is 0 Å². The van der Waals surface area contributed by atoms with Crippen molar-refractivity contribution in [1.82, 2.24) is 0 Å². The number of aryl methyl sites for hydroxylation is 1. The molecule has 0 N–H and O–H groups in total. The fourth-order valence-electron chi connectivity index (χ4n) is 1.49. The predicted octanol–water partition coefficient (Wildman–Crippen LogP) is 3.23. The van der Waals surface area contributed by atoms with Gasteiger partial charge in [0.05, 0.1) is 5.03 Å². The number of halogens is 1. The molecule has 0 amide bonds. The second kappa shape index (κ2) is 5.71. The number of benzene rings is 1. The molecule has 1 aromatic rings. The summed E-state index contributed by atoms with van der Waals surface area (Å²) in [6.45, 7) is 4.96. The zero-order chi connectivity index (χ0) is 12.1. The summed E-state index contributed by atoms with van der Waals surface area (Å²) in [7, 11) is 2.00. The highest BCUT2D eigenvalue weighted by molar-refractivity contribution is 6.50. The van der Waals surface area contributed by atoms with Crippen LogP contribution >= 0.6 is 11.6 Å². The molecule has 0 fully saturated rings. The van der Waals surface area contributed by atoms with Crippen molar-refractivity contribution in [2.24, 2.45) is 0 Å². The molecule has 0 aliphatic rings. The Kier molecular flexibility index (Phi) is 4.56. The van der Waals surface area contributed by atoms with E-state index in [0.29, 0.717) is 11.3 Å². The number of nitrogens with zero attached hydrogens (tertiary/aromatic N) is 1. The van der Waals surface area contributed by atoms with Gasteiger partial charge in [-0.05, 0) is 32.1 Å². The van der Waals surface area contributed by atoms with E-state index in [9.17, 15) is 4.79 Å². The average Bonchev–Trinajstić information content (AvgIpc) is 2.28. The molecule has 0 saturated carbocycles. The molecule has 16 heavy (non-hydrogen) atoms. The van der Waals surface area contributed by atoms with E-state index in [4.69, 9.17) is 11.6 Å². The largest absolute Gasteiger partial charge is 0.374 e. The van der Waals surface area contributed by atoms with E-state index in [0.717, 1.165) is 23.4 Å². The van der Waals surface area contributed by atoms with Crippen LogP contribution in [0.2, 0.25) is 0 Å². The highest BCUT2D eigenvalue weighted by Gasteiger charge is 2.09. The predicted molar refractivity (Wildman–Crippen MR) is 70.0 cm³/mol. The maximum atomic E-state index is 10.4. The summed E-state index contributed by atoms with van der Waals surface area (Å²) in [5, 5.41) is 0.481. The number of hydrogen-bond donors (Lipinski definition) is 0. The van der Waals surface area contributed by atoms with Crippen molar-refractivity contribution < 1.29 is 4.79 Å². The number of carbonyl (C=O) groups excluding carboxylic acids is 1. The molecule has 0 radical (unpaired) electrons. The van der Waals surface area contributed by atoms with Crippen LogP contribution in [-0.2, 0) is 4.79 Å². The summed E-state index contributed by atoms with van der Waals surface area (Å²) < 4.78 is 0. The molecule has 2 nitrogen and oxygen atoms in total. The van der Waals surface area contributed by atoms with Crippen LogP contribution < -0.4 is 4.90 Å². The standard InChI is InChI=1S/C13H16ClNO/c1-4-15(3)13-6-5-10(2)9-11(13)12(14)7-8-16/h5-9H,4H2,1-3H3/b12-7+. The lowest BCUT2D eigenvalue weighted by Crippen LogP contribution is -2.17. The van der Waals surface area contributed by atoms with E-state index in [2.05, 4.69) is 11.8 Å². The normalized spacial score (nSPS) is 11.4. The van der Waals surface area contributed by atoms with Gasteiger partial charge in [-0.15, -0.1) is 0 Å². The third-order valence-electron chi connectivity index (χ3n) is 2.51. The molecule has 0 spiro atoms. The molecule has 0 aliphatic heterocycles. The van der Waals surface area contributed by atoms with E-state index in [1.165, 1.54) is 6.08 Å². The van der Waals surface area contributed by atoms with Gasteiger partial charge in [0.15, 0.2) is 0 Å². The molecule has 86 valence electrons. The van der Waals surface area contributed by atoms with E-state index in [-0.39, 0.29) is 0 Å². The van der Waals surface area contributed by atoms with Crippen LogP contribution in [0.1, 0.15) is 18.1 Å². The van der Waals surface area contributed by atoms with Gasteiger partial charge in [0, 0.05) is 24.8 Å². The minimum absolute atomic E-state index is 0.481. The summed E-state index contributed by atoms with van der Waals surface area (Å²) >= 11 is 6.09. The molecule has 0 bridgehead atoms. The smallest absolute Gasteiger partial charge is 0.144 e. The lowest BCUT2D eigenvalue weighted by atomic mass is 10.1. The van der Waals surface area contributed by atoms with Gasteiger partial charge in [0.25, 0.3) is 0 Å². The summed E-state index contributed by atoms with van der Waals surface area (Å²) in [6.07, 6.45) is 2.09. The van der Waals surface area contributed by atoms with Crippen LogP contribution in [-0.4, -0.2) is 19.9 Å². The lowest BCUT2D eigenvalue weighted by molar-refractivity contribution is -0.104. The van der Waals surface area contributed by atoms with Crippen molar-refractivity contribution in [2.45, 2.75) is 13.8 Å². The fraction of sp³-hybridized carbons (Fsp3) is 0.308. The molecular formula is C13H16ClNO. The Bertz CT molecular complexity index is 412. The number of allylic oxidation sites excluding steroid dienone is 1. The fourth-order valence-corrected chi connectivity index (χ4v) is 1.70. The minimum Gasteiger partial charge on any atom is -0.374 e.